The molecule has 0 N–H and O–H groups in total. The molecule has 0 fully saturated rings. The minimum atomic E-state index is 0.327. The van der Waals surface area contributed by atoms with Crippen molar-refractivity contribution < 1.29 is 9.47 Å². The fraction of sp³-hybridized carbons (Fsp3) is 0.562. The molecule has 1 atom stereocenters. The molecular formula is C16H22ClNO2S. The first kappa shape index (κ1) is 18.0. The molecule has 0 spiro atoms. The Morgan fingerprint density at radius 3 is 2.33 bits per heavy atom. The fourth-order valence-electron chi connectivity index (χ4n) is 2.23. The molecule has 0 saturated heterocycles. The van der Waals surface area contributed by atoms with Gasteiger partial charge in [0.2, 0.25) is 0 Å². The van der Waals surface area contributed by atoms with Gasteiger partial charge in [0.05, 0.1) is 13.2 Å². The first-order valence-corrected chi connectivity index (χ1v) is 8.64. The highest BCUT2D eigenvalue weighted by atomic mass is 35.5. The molecule has 21 heavy (non-hydrogen) atoms. The second kappa shape index (κ2) is 9.81. The van der Waals surface area contributed by atoms with Gasteiger partial charge in [-0.2, -0.15) is 5.26 Å². The van der Waals surface area contributed by atoms with Crippen molar-refractivity contribution in [2.75, 3.05) is 19.0 Å². The third-order valence-corrected chi connectivity index (χ3v) is 4.12. The maximum Gasteiger partial charge on any atom is 0.162 e. The zero-order valence-corrected chi connectivity index (χ0v) is 14.4. The number of ether oxygens (including phenoxy) is 2. The van der Waals surface area contributed by atoms with Crippen LogP contribution < -0.4 is 9.47 Å². The van der Waals surface area contributed by atoms with Crippen LogP contribution in [0.4, 0.5) is 0 Å². The maximum absolute atomic E-state index is 8.64. The molecule has 0 aliphatic heterocycles. The molecule has 0 heterocycles. The highest BCUT2D eigenvalue weighted by Crippen LogP contribution is 2.39. The summed E-state index contributed by atoms with van der Waals surface area (Å²) in [6.07, 6.45) is 1.90. The van der Waals surface area contributed by atoms with Gasteiger partial charge in [0.1, 0.15) is 5.40 Å². The lowest BCUT2D eigenvalue weighted by Gasteiger charge is -2.19. The van der Waals surface area contributed by atoms with Crippen LogP contribution in [-0.2, 0) is 0 Å². The molecule has 0 bridgehead atoms. The summed E-state index contributed by atoms with van der Waals surface area (Å²) in [4.78, 5) is 0. The topological polar surface area (TPSA) is 42.2 Å². The summed E-state index contributed by atoms with van der Waals surface area (Å²) in [6.45, 7) is 7.18. The van der Waals surface area contributed by atoms with Crippen LogP contribution in [0.5, 0.6) is 11.5 Å². The van der Waals surface area contributed by atoms with Crippen molar-refractivity contribution in [3.05, 3.63) is 22.7 Å². The molecule has 1 unspecified atom stereocenters. The van der Waals surface area contributed by atoms with Crippen LogP contribution in [0, 0.1) is 10.7 Å². The fourth-order valence-corrected chi connectivity index (χ4v) is 3.03. The predicted molar refractivity (Wildman–Crippen MR) is 89.5 cm³/mol. The Morgan fingerprint density at radius 1 is 1.19 bits per heavy atom. The van der Waals surface area contributed by atoms with Gasteiger partial charge in [-0.15, -0.1) is 0 Å². The van der Waals surface area contributed by atoms with Crippen molar-refractivity contribution in [2.45, 2.75) is 39.5 Å². The number of thiocyanates is 1. The second-order valence-corrected chi connectivity index (χ2v) is 5.81. The molecule has 3 nitrogen and oxygen atoms in total. The predicted octanol–water partition coefficient (Wildman–Crippen LogP) is 5.24. The number of hydrogen-bond acceptors (Lipinski definition) is 4. The molecule has 0 aliphatic carbocycles. The largest absolute Gasteiger partial charge is 0.490 e. The molecule has 5 heteroatoms. The number of halogens is 1. The molecule has 1 rings (SSSR count). The van der Waals surface area contributed by atoms with E-state index in [0.717, 1.165) is 29.9 Å². The molecule has 1 aromatic carbocycles. The summed E-state index contributed by atoms with van der Waals surface area (Å²) >= 11 is 7.70. The van der Waals surface area contributed by atoms with E-state index in [9.17, 15) is 0 Å². The third-order valence-electron chi connectivity index (χ3n) is 3.23. The molecule has 0 radical (unpaired) electrons. The van der Waals surface area contributed by atoms with E-state index in [0.29, 0.717) is 29.9 Å². The van der Waals surface area contributed by atoms with E-state index in [1.54, 1.807) is 0 Å². The number of hydrogen-bond donors (Lipinski definition) is 0. The Bertz CT molecular complexity index is 488. The van der Waals surface area contributed by atoms with Gasteiger partial charge in [0.25, 0.3) is 0 Å². The van der Waals surface area contributed by atoms with Gasteiger partial charge < -0.3 is 9.47 Å². The van der Waals surface area contributed by atoms with E-state index in [4.69, 9.17) is 26.3 Å². The Morgan fingerprint density at radius 2 is 1.81 bits per heavy atom. The van der Waals surface area contributed by atoms with E-state index in [1.807, 2.05) is 26.0 Å². The normalized spacial score (nSPS) is 11.8. The van der Waals surface area contributed by atoms with Crippen LogP contribution in [0.2, 0.25) is 5.02 Å². The average molecular weight is 328 g/mol. The summed E-state index contributed by atoms with van der Waals surface area (Å²) in [7, 11) is 0. The lowest BCUT2D eigenvalue weighted by atomic mass is 9.93. The van der Waals surface area contributed by atoms with Gasteiger partial charge in [0, 0.05) is 16.8 Å². The van der Waals surface area contributed by atoms with Crippen molar-refractivity contribution in [1.82, 2.24) is 0 Å². The zero-order valence-electron chi connectivity index (χ0n) is 12.8. The van der Waals surface area contributed by atoms with E-state index >= 15 is 0 Å². The van der Waals surface area contributed by atoms with Crippen LogP contribution >= 0.6 is 23.4 Å². The number of nitriles is 1. The number of nitrogens with zero attached hydrogens (tertiary/aromatic N) is 1. The van der Waals surface area contributed by atoms with Gasteiger partial charge in [0.15, 0.2) is 11.5 Å². The minimum Gasteiger partial charge on any atom is -0.490 e. The van der Waals surface area contributed by atoms with E-state index in [2.05, 4.69) is 12.3 Å². The first-order valence-electron chi connectivity index (χ1n) is 7.27. The van der Waals surface area contributed by atoms with Crippen molar-refractivity contribution >= 4 is 23.4 Å². The minimum absolute atomic E-state index is 0.327. The lowest BCUT2D eigenvalue weighted by molar-refractivity contribution is 0.287. The van der Waals surface area contributed by atoms with Crippen LogP contribution in [0.1, 0.15) is 45.1 Å². The number of thioether (sulfide) groups is 1. The Balaban J connectivity index is 3.04. The van der Waals surface area contributed by atoms with Crippen LogP contribution in [0.3, 0.4) is 0 Å². The summed E-state index contributed by atoms with van der Waals surface area (Å²) < 4.78 is 11.2. The van der Waals surface area contributed by atoms with Crippen molar-refractivity contribution in [2.24, 2.45) is 0 Å². The van der Waals surface area contributed by atoms with Crippen molar-refractivity contribution in [3.63, 3.8) is 0 Å². The van der Waals surface area contributed by atoms with Crippen LogP contribution in [-0.4, -0.2) is 19.0 Å². The van der Waals surface area contributed by atoms with Crippen LogP contribution in [0.25, 0.3) is 0 Å². The number of rotatable bonds is 9. The monoisotopic (exact) mass is 327 g/mol. The quantitative estimate of drug-likeness (QED) is 0.459. The lowest BCUT2D eigenvalue weighted by Crippen LogP contribution is -2.04. The molecular weight excluding hydrogens is 306 g/mol. The molecule has 0 saturated carbocycles. The van der Waals surface area contributed by atoms with Gasteiger partial charge in [-0.3, -0.25) is 0 Å². The highest BCUT2D eigenvalue weighted by molar-refractivity contribution is 8.03. The molecule has 0 amide bonds. The number of benzene rings is 1. The Kier molecular flexibility index (Phi) is 8.41. The highest BCUT2D eigenvalue weighted by Gasteiger charge is 2.17. The second-order valence-electron chi connectivity index (χ2n) is 4.52. The standard InChI is InChI=1S/C16H22ClNO2S/c1-4-12(7-8-21-11-18)13-9-15(19-5-2)16(20-6-3)10-14(13)17/h9-10,12H,4-8H2,1-3H3. The Hall–Kier alpha value is -1.05. The zero-order chi connectivity index (χ0) is 15.7. The van der Waals surface area contributed by atoms with Gasteiger partial charge >= 0.3 is 0 Å². The van der Waals surface area contributed by atoms with Gasteiger partial charge in [-0.25, -0.2) is 0 Å². The van der Waals surface area contributed by atoms with Gasteiger partial charge in [-0.1, -0.05) is 18.5 Å². The SMILES string of the molecule is CCOc1cc(Cl)c(C(CC)CCSC#N)cc1OCC. The maximum atomic E-state index is 8.64. The van der Waals surface area contributed by atoms with E-state index in [1.165, 1.54) is 11.8 Å². The van der Waals surface area contributed by atoms with Crippen LogP contribution in [0.15, 0.2) is 12.1 Å². The average Bonchev–Trinajstić information content (AvgIpc) is 2.47. The molecule has 0 aromatic heterocycles. The molecule has 1 aromatic rings. The van der Waals surface area contributed by atoms with E-state index < -0.39 is 0 Å². The summed E-state index contributed by atoms with van der Waals surface area (Å²) in [5, 5.41) is 11.5. The third kappa shape index (κ3) is 5.33. The first-order chi connectivity index (χ1) is 10.2. The summed E-state index contributed by atoms with van der Waals surface area (Å²) in [5.41, 5.74) is 1.07. The molecule has 0 aliphatic rings. The summed E-state index contributed by atoms with van der Waals surface area (Å²) in [6, 6.07) is 3.83. The van der Waals surface area contributed by atoms with Crippen molar-refractivity contribution in [1.29, 1.82) is 5.26 Å². The van der Waals surface area contributed by atoms with Crippen molar-refractivity contribution in [3.8, 4) is 16.9 Å². The van der Waals surface area contributed by atoms with E-state index in [-0.39, 0.29) is 0 Å². The Labute approximate surface area is 136 Å². The smallest absolute Gasteiger partial charge is 0.162 e. The summed E-state index contributed by atoms with van der Waals surface area (Å²) in [5.74, 6) is 2.57. The van der Waals surface area contributed by atoms with Gasteiger partial charge in [-0.05, 0) is 56.0 Å². The molecule has 116 valence electrons.